The Morgan fingerprint density at radius 2 is 1.68 bits per heavy atom. The van der Waals surface area contributed by atoms with Crippen LogP contribution in [0.1, 0.15) is 52.7 Å². The highest BCUT2D eigenvalue weighted by Crippen LogP contribution is 2.43. The standard InChI is InChI=1S/C25H19Cl3F7NOS/c1-13(12-38-6-2-5-36)7-22(37)16-4-3-14(8-18(16)25(33,34)35)21(29)11-17(24(30,31)32)15-9-19(26)23(28)20(27)10-15/h3-4,8-11,13,17H,2,6-7,12H2,1H3/b21-11-/t13-,17?/m0/s1. The number of benzene rings is 2. The summed E-state index contributed by atoms with van der Waals surface area (Å²) < 4.78 is 97.6. The number of carbonyl (C=O) groups excluding carboxylic acids is 1. The first-order chi connectivity index (χ1) is 17.6. The van der Waals surface area contributed by atoms with Crippen LogP contribution >= 0.6 is 46.6 Å². The number of halogens is 10. The number of nitriles is 1. The number of nitrogens with zero attached hydrogens (tertiary/aromatic N) is 1. The van der Waals surface area contributed by atoms with Crippen LogP contribution in [-0.4, -0.2) is 23.5 Å². The predicted octanol–water partition coefficient (Wildman–Crippen LogP) is 10.2. The molecule has 2 nitrogen and oxygen atoms in total. The maximum Gasteiger partial charge on any atom is 0.417 e. The highest BCUT2D eigenvalue weighted by Gasteiger charge is 2.41. The van der Waals surface area contributed by atoms with Gasteiger partial charge < -0.3 is 0 Å². The number of allylic oxidation sites excluding steroid dienone is 1. The molecule has 0 saturated carbocycles. The number of rotatable bonds is 10. The lowest BCUT2D eigenvalue weighted by Gasteiger charge is -2.19. The van der Waals surface area contributed by atoms with Gasteiger partial charge in [-0.3, -0.25) is 4.79 Å². The molecule has 0 spiro atoms. The average molecular weight is 621 g/mol. The van der Waals surface area contributed by atoms with Gasteiger partial charge in [0.05, 0.1) is 26.7 Å². The molecule has 0 aliphatic heterocycles. The number of ketones is 1. The summed E-state index contributed by atoms with van der Waals surface area (Å²) in [7, 11) is 0. The van der Waals surface area contributed by atoms with E-state index in [1.54, 1.807) is 6.92 Å². The third-order valence-corrected chi connectivity index (χ3v) is 7.72. The second-order valence-electron chi connectivity index (χ2n) is 8.31. The monoisotopic (exact) mass is 619 g/mol. The molecule has 2 aromatic rings. The number of alkyl halides is 6. The van der Waals surface area contributed by atoms with Crippen molar-refractivity contribution in [1.82, 2.24) is 0 Å². The Bertz CT molecular complexity index is 1220. The fraction of sp³-hybridized carbons (Fsp3) is 0.360. The topological polar surface area (TPSA) is 40.9 Å². The van der Waals surface area contributed by atoms with Crippen LogP contribution in [0, 0.1) is 17.2 Å². The van der Waals surface area contributed by atoms with Crippen LogP contribution in [0.25, 0.3) is 5.83 Å². The first kappa shape index (κ1) is 32.3. The highest BCUT2D eigenvalue weighted by molar-refractivity contribution is 7.99. The molecule has 0 radical (unpaired) electrons. The molecule has 13 heteroatoms. The van der Waals surface area contributed by atoms with Gasteiger partial charge in [0.1, 0.15) is 11.7 Å². The van der Waals surface area contributed by atoms with E-state index in [0.29, 0.717) is 17.6 Å². The van der Waals surface area contributed by atoms with Crippen LogP contribution in [0.4, 0.5) is 30.7 Å². The normalized spacial score (nSPS) is 14.2. The quantitative estimate of drug-likeness (QED) is 0.115. The Hall–Kier alpha value is -1.93. The Balaban J connectivity index is 2.43. The predicted molar refractivity (Wildman–Crippen MR) is 136 cm³/mol. The molecule has 38 heavy (non-hydrogen) atoms. The summed E-state index contributed by atoms with van der Waals surface area (Å²) >= 11 is 18.7. The van der Waals surface area contributed by atoms with Gasteiger partial charge in [0, 0.05) is 29.7 Å². The molecule has 0 aliphatic rings. The molecule has 206 valence electrons. The largest absolute Gasteiger partial charge is 0.417 e. The van der Waals surface area contributed by atoms with Crippen LogP contribution in [0.2, 0.25) is 15.1 Å². The van der Waals surface area contributed by atoms with Gasteiger partial charge in [-0.1, -0.05) is 53.9 Å². The Labute approximate surface area is 233 Å². The Morgan fingerprint density at radius 1 is 1.08 bits per heavy atom. The molecular formula is C25H19Cl3F7NOS. The number of hydrogen-bond acceptors (Lipinski definition) is 3. The Kier molecular flexibility index (Phi) is 11.4. The van der Waals surface area contributed by atoms with Gasteiger partial charge in [0.25, 0.3) is 0 Å². The van der Waals surface area contributed by atoms with Crippen molar-refractivity contribution in [1.29, 1.82) is 5.26 Å². The summed E-state index contributed by atoms with van der Waals surface area (Å²) in [5.74, 6) is -4.42. The van der Waals surface area contributed by atoms with Crippen molar-refractivity contribution in [3.8, 4) is 6.07 Å². The van der Waals surface area contributed by atoms with Crippen LogP contribution in [-0.2, 0) is 6.18 Å². The molecule has 0 bridgehead atoms. The minimum absolute atomic E-state index is 0.105. The zero-order valence-corrected chi connectivity index (χ0v) is 22.6. The van der Waals surface area contributed by atoms with Crippen LogP contribution in [0.15, 0.2) is 36.4 Å². The maximum absolute atomic E-state index is 15.0. The van der Waals surface area contributed by atoms with Gasteiger partial charge in [0.15, 0.2) is 5.78 Å². The van der Waals surface area contributed by atoms with E-state index < -0.39 is 52.1 Å². The number of hydrogen-bond donors (Lipinski definition) is 0. The second kappa shape index (κ2) is 13.4. The fourth-order valence-corrected chi connectivity index (χ4v) is 4.97. The molecule has 0 N–H and O–H groups in total. The third kappa shape index (κ3) is 8.80. The fourth-order valence-electron chi connectivity index (χ4n) is 3.44. The van der Waals surface area contributed by atoms with Crippen LogP contribution in [0.5, 0.6) is 0 Å². The van der Waals surface area contributed by atoms with E-state index in [2.05, 4.69) is 0 Å². The van der Waals surface area contributed by atoms with Gasteiger partial charge in [-0.25, -0.2) is 4.39 Å². The van der Waals surface area contributed by atoms with Crippen molar-refractivity contribution in [3.63, 3.8) is 0 Å². The van der Waals surface area contributed by atoms with Gasteiger partial charge in [-0.15, -0.1) is 0 Å². The lowest BCUT2D eigenvalue weighted by atomic mass is 9.93. The summed E-state index contributed by atoms with van der Waals surface area (Å²) in [5, 5.41) is 7.69. The smallest absolute Gasteiger partial charge is 0.294 e. The first-order valence-electron chi connectivity index (χ1n) is 10.8. The van der Waals surface area contributed by atoms with E-state index in [0.717, 1.165) is 24.3 Å². The van der Waals surface area contributed by atoms with E-state index in [1.165, 1.54) is 11.8 Å². The van der Waals surface area contributed by atoms with Crippen molar-refractivity contribution >= 4 is 58.2 Å². The summed E-state index contributed by atoms with van der Waals surface area (Å²) in [5.41, 5.74) is -3.55. The van der Waals surface area contributed by atoms with Crippen molar-refractivity contribution in [2.24, 2.45) is 5.92 Å². The van der Waals surface area contributed by atoms with Gasteiger partial charge in [-0.2, -0.15) is 43.4 Å². The number of thioether (sulfide) groups is 1. The molecular weight excluding hydrogens is 602 g/mol. The van der Waals surface area contributed by atoms with Crippen molar-refractivity contribution in [2.75, 3.05) is 11.5 Å². The molecule has 2 aromatic carbocycles. The molecule has 0 amide bonds. The summed E-state index contributed by atoms with van der Waals surface area (Å²) in [6, 6.07) is 5.50. The van der Waals surface area contributed by atoms with Crippen LogP contribution < -0.4 is 0 Å². The zero-order chi connectivity index (χ0) is 28.8. The molecule has 2 rings (SSSR count). The Morgan fingerprint density at radius 3 is 2.21 bits per heavy atom. The van der Waals surface area contributed by atoms with E-state index >= 15 is 0 Å². The first-order valence-corrected chi connectivity index (χ1v) is 13.1. The molecule has 1 unspecified atom stereocenters. The van der Waals surface area contributed by atoms with Gasteiger partial charge in [-0.05, 0) is 41.5 Å². The lowest BCUT2D eigenvalue weighted by Crippen LogP contribution is -2.19. The van der Waals surface area contributed by atoms with E-state index in [9.17, 15) is 35.5 Å². The molecule has 0 saturated heterocycles. The zero-order valence-electron chi connectivity index (χ0n) is 19.5. The molecule has 0 fully saturated rings. The minimum Gasteiger partial charge on any atom is -0.294 e. The third-order valence-electron chi connectivity index (χ3n) is 5.23. The summed E-state index contributed by atoms with van der Waals surface area (Å²) in [4.78, 5) is 12.6. The van der Waals surface area contributed by atoms with E-state index in [1.807, 2.05) is 6.07 Å². The second-order valence-corrected chi connectivity index (χ2v) is 10.6. The summed E-state index contributed by atoms with van der Waals surface area (Å²) in [6.07, 6.45) is -9.98. The maximum atomic E-state index is 15.0. The van der Waals surface area contributed by atoms with Crippen molar-refractivity contribution in [3.05, 3.63) is 73.7 Å². The SMILES string of the molecule is C[C@H](CSCCC#N)CC(=O)c1ccc(/C(F)=C/C(c2cc(Cl)c(Cl)c(Cl)c2)C(F)(F)F)cc1C(F)(F)F. The van der Waals surface area contributed by atoms with E-state index in [-0.39, 0.29) is 39.9 Å². The molecule has 2 atom stereocenters. The summed E-state index contributed by atoms with van der Waals surface area (Å²) in [6.45, 7) is 1.66. The van der Waals surface area contributed by atoms with E-state index in [4.69, 9.17) is 40.1 Å². The van der Waals surface area contributed by atoms with Crippen molar-refractivity contribution in [2.45, 2.75) is 38.0 Å². The minimum atomic E-state index is -5.08. The molecule has 0 heterocycles. The van der Waals surface area contributed by atoms with Crippen molar-refractivity contribution < 1.29 is 35.5 Å². The molecule has 0 aromatic heterocycles. The van der Waals surface area contributed by atoms with Crippen LogP contribution in [0.3, 0.4) is 0 Å². The van der Waals surface area contributed by atoms with Gasteiger partial charge in [0.2, 0.25) is 0 Å². The molecule has 0 aliphatic carbocycles. The number of carbonyl (C=O) groups is 1. The average Bonchev–Trinajstić information content (AvgIpc) is 2.81. The lowest BCUT2D eigenvalue weighted by molar-refractivity contribution is -0.140. The highest BCUT2D eigenvalue weighted by atomic mass is 35.5. The van der Waals surface area contributed by atoms with Gasteiger partial charge >= 0.3 is 12.4 Å². The number of Topliss-reactive ketones (excluding diaryl/α,β-unsaturated/α-hetero) is 1.